The van der Waals surface area contributed by atoms with Crippen molar-refractivity contribution in [1.29, 1.82) is 0 Å². The Hall–Kier alpha value is -1.42. The number of carbonyl (C=O) groups is 1. The fourth-order valence-electron chi connectivity index (χ4n) is 1.68. The van der Waals surface area contributed by atoms with Crippen LogP contribution >= 0.6 is 0 Å². The van der Waals surface area contributed by atoms with Gasteiger partial charge >= 0.3 is 0 Å². The largest absolute Gasteiger partial charge is 0.731 e. The van der Waals surface area contributed by atoms with Crippen molar-refractivity contribution in [2.75, 3.05) is 0 Å². The van der Waals surface area contributed by atoms with E-state index in [4.69, 9.17) is 12.6 Å². The lowest BCUT2D eigenvalue weighted by Crippen LogP contribution is -2.41. The van der Waals surface area contributed by atoms with Crippen molar-refractivity contribution in [2.45, 2.75) is 0 Å². The van der Waals surface area contributed by atoms with Crippen LogP contribution in [0.4, 0.5) is 0 Å². The molecule has 0 fully saturated rings. The van der Waals surface area contributed by atoms with Gasteiger partial charge < -0.3 is 17.4 Å². The number of hydrogen-bond acceptors (Lipinski definition) is 2. The number of carbonyl (C=O) groups excluding carboxylic acids is 1. The lowest BCUT2D eigenvalue weighted by Gasteiger charge is -1.96. The van der Waals surface area contributed by atoms with Crippen LogP contribution in [0.1, 0.15) is 10.5 Å². The Morgan fingerprint density at radius 3 is 2.71 bits per heavy atom. The lowest BCUT2D eigenvalue weighted by molar-refractivity contribution is -0.750. The van der Waals surface area contributed by atoms with E-state index in [1.807, 2.05) is 43.0 Å². The molecule has 3 nitrogen and oxygen atoms in total. The quantitative estimate of drug-likeness (QED) is 0.507. The SMILES string of the molecule is Cn1c2ccccc2c(C(=O)[S-])[n+]1C. The molecule has 1 aromatic carbocycles. The summed E-state index contributed by atoms with van der Waals surface area (Å²) < 4.78 is 3.69. The minimum Gasteiger partial charge on any atom is -0.731 e. The zero-order valence-electron chi connectivity index (χ0n) is 8.02. The summed E-state index contributed by atoms with van der Waals surface area (Å²) in [6.45, 7) is 0. The second-order valence-electron chi connectivity index (χ2n) is 3.20. The smallest absolute Gasteiger partial charge is 0.258 e. The van der Waals surface area contributed by atoms with Crippen LogP contribution in [0, 0.1) is 0 Å². The van der Waals surface area contributed by atoms with Gasteiger partial charge in [0.1, 0.15) is 10.6 Å². The number of benzene rings is 1. The second-order valence-corrected chi connectivity index (χ2v) is 3.57. The number of para-hydroxylation sites is 1. The van der Waals surface area contributed by atoms with Crippen molar-refractivity contribution in [3.8, 4) is 0 Å². The van der Waals surface area contributed by atoms with E-state index in [0.29, 0.717) is 5.69 Å². The zero-order chi connectivity index (χ0) is 10.3. The van der Waals surface area contributed by atoms with Crippen LogP contribution in [-0.2, 0) is 26.7 Å². The van der Waals surface area contributed by atoms with Crippen LogP contribution in [0.25, 0.3) is 10.9 Å². The van der Waals surface area contributed by atoms with Gasteiger partial charge in [-0.2, -0.15) is 4.68 Å². The maximum absolute atomic E-state index is 11.3. The first kappa shape index (κ1) is 9.15. The van der Waals surface area contributed by atoms with Crippen LogP contribution in [0.15, 0.2) is 24.3 Å². The van der Waals surface area contributed by atoms with Crippen molar-refractivity contribution in [3.63, 3.8) is 0 Å². The van der Waals surface area contributed by atoms with Gasteiger partial charge in [0.2, 0.25) is 0 Å². The highest BCUT2D eigenvalue weighted by molar-refractivity contribution is 7.77. The van der Waals surface area contributed by atoms with E-state index in [-0.39, 0.29) is 5.12 Å². The summed E-state index contributed by atoms with van der Waals surface area (Å²) in [5, 5.41) is 0.599. The molecule has 4 heteroatoms. The van der Waals surface area contributed by atoms with Crippen molar-refractivity contribution in [2.24, 2.45) is 14.1 Å². The summed E-state index contributed by atoms with van der Waals surface area (Å²) in [7, 11) is 3.74. The van der Waals surface area contributed by atoms with E-state index in [1.165, 1.54) is 0 Å². The third kappa shape index (κ3) is 1.11. The molecule has 0 aliphatic heterocycles. The topological polar surface area (TPSA) is 25.9 Å². The maximum atomic E-state index is 11.3. The highest BCUT2D eigenvalue weighted by Gasteiger charge is 2.19. The van der Waals surface area contributed by atoms with Gasteiger partial charge in [-0.05, 0) is 12.1 Å². The molecule has 0 bridgehead atoms. The van der Waals surface area contributed by atoms with Gasteiger partial charge in [-0.1, -0.05) is 12.1 Å². The first-order valence-corrected chi connectivity index (χ1v) is 4.69. The summed E-state index contributed by atoms with van der Waals surface area (Å²) in [6, 6.07) is 7.73. The van der Waals surface area contributed by atoms with Crippen molar-refractivity contribution in [1.82, 2.24) is 4.68 Å². The predicted octanol–water partition coefficient (Wildman–Crippen LogP) is 0.690. The van der Waals surface area contributed by atoms with Gasteiger partial charge in [0.05, 0.1) is 12.4 Å². The molecule has 2 aromatic rings. The molecule has 2 rings (SSSR count). The van der Waals surface area contributed by atoms with Crippen molar-refractivity contribution < 1.29 is 9.48 Å². The Kier molecular flexibility index (Phi) is 2.00. The molecule has 0 aliphatic carbocycles. The average Bonchev–Trinajstić information content (AvgIpc) is 2.41. The second kappa shape index (κ2) is 3.06. The number of fused-ring (bicyclic) bond motifs is 1. The summed E-state index contributed by atoms with van der Waals surface area (Å²) >= 11 is 4.70. The molecule has 0 amide bonds. The van der Waals surface area contributed by atoms with E-state index in [0.717, 1.165) is 10.9 Å². The standard InChI is InChI=1S/C10H10N2OS/c1-11-8-6-4-3-5-7(8)9(10(13)14)12(11)2/h3-6H,1-2H3. The monoisotopic (exact) mass is 206 g/mol. The van der Waals surface area contributed by atoms with E-state index in [1.54, 1.807) is 4.68 Å². The summed E-state index contributed by atoms with van der Waals surface area (Å²) in [4.78, 5) is 11.3. The molecule has 0 atom stereocenters. The van der Waals surface area contributed by atoms with Crippen molar-refractivity contribution >= 4 is 28.6 Å². The molecule has 0 saturated carbocycles. The van der Waals surface area contributed by atoms with E-state index < -0.39 is 0 Å². The molecule has 1 heterocycles. The highest BCUT2D eigenvalue weighted by Crippen LogP contribution is 2.15. The summed E-state index contributed by atoms with van der Waals surface area (Å²) in [5.74, 6) is 0. The fraction of sp³-hybridized carbons (Fsp3) is 0.200. The Labute approximate surface area is 87.3 Å². The Balaban J connectivity index is 2.95. The fourth-order valence-corrected chi connectivity index (χ4v) is 1.93. The van der Waals surface area contributed by atoms with Gasteiger partial charge in [-0.15, -0.1) is 4.68 Å². The number of hydrogen-bond donors (Lipinski definition) is 0. The predicted molar refractivity (Wildman–Crippen MR) is 55.8 cm³/mol. The first-order valence-electron chi connectivity index (χ1n) is 4.28. The third-order valence-electron chi connectivity index (χ3n) is 2.47. The lowest BCUT2D eigenvalue weighted by atomic mass is 10.2. The van der Waals surface area contributed by atoms with Gasteiger partial charge in [0.25, 0.3) is 5.69 Å². The van der Waals surface area contributed by atoms with Gasteiger partial charge in [-0.25, -0.2) is 0 Å². The zero-order valence-corrected chi connectivity index (χ0v) is 8.84. The normalized spacial score (nSPS) is 10.7. The third-order valence-corrected chi connectivity index (χ3v) is 2.67. The van der Waals surface area contributed by atoms with Gasteiger partial charge in [0, 0.05) is 0 Å². The van der Waals surface area contributed by atoms with E-state index >= 15 is 0 Å². The van der Waals surface area contributed by atoms with E-state index in [2.05, 4.69) is 0 Å². The molecular formula is C10H10N2OS. The average molecular weight is 206 g/mol. The van der Waals surface area contributed by atoms with Crippen LogP contribution < -0.4 is 4.68 Å². The van der Waals surface area contributed by atoms with Crippen LogP contribution in [0.5, 0.6) is 0 Å². The molecule has 0 spiro atoms. The molecule has 0 saturated heterocycles. The summed E-state index contributed by atoms with van der Waals surface area (Å²) in [6.07, 6.45) is 0. The van der Waals surface area contributed by atoms with E-state index in [9.17, 15) is 4.79 Å². The van der Waals surface area contributed by atoms with Crippen molar-refractivity contribution in [3.05, 3.63) is 30.0 Å². The molecular weight excluding hydrogens is 196 g/mol. The number of aromatic nitrogens is 2. The molecule has 72 valence electrons. The highest BCUT2D eigenvalue weighted by atomic mass is 32.1. The van der Waals surface area contributed by atoms with Crippen LogP contribution in [-0.4, -0.2) is 9.80 Å². The molecule has 0 N–H and O–H groups in total. The van der Waals surface area contributed by atoms with Crippen LogP contribution in [0.3, 0.4) is 0 Å². The van der Waals surface area contributed by atoms with Gasteiger partial charge in [-0.3, -0.25) is 0 Å². The molecule has 0 unspecified atom stereocenters. The minimum absolute atomic E-state index is 0.315. The molecule has 0 aliphatic rings. The van der Waals surface area contributed by atoms with Crippen LogP contribution in [0.2, 0.25) is 0 Å². The number of nitrogens with zero attached hydrogens (tertiary/aromatic N) is 2. The minimum atomic E-state index is -0.315. The number of rotatable bonds is 1. The molecule has 14 heavy (non-hydrogen) atoms. The number of aryl methyl sites for hydroxylation is 1. The summed E-state index contributed by atoms with van der Waals surface area (Å²) in [5.41, 5.74) is 1.60. The Morgan fingerprint density at radius 2 is 2.07 bits per heavy atom. The maximum Gasteiger partial charge on any atom is 0.258 e. The molecule has 0 radical (unpaired) electrons. The Bertz CT molecular complexity index is 516. The Morgan fingerprint density at radius 1 is 1.43 bits per heavy atom. The van der Waals surface area contributed by atoms with Gasteiger partial charge in [0.15, 0.2) is 7.05 Å². The first-order chi connectivity index (χ1) is 6.63. The molecule has 1 aromatic heterocycles.